The fraction of sp³-hybridized carbons (Fsp3) is 1.00. The summed E-state index contributed by atoms with van der Waals surface area (Å²) in [5.41, 5.74) is 0.00206. The molecule has 0 bridgehead atoms. The molecule has 0 spiro atoms. The molecule has 2 aliphatic carbocycles. The molecule has 3 nitrogen and oxygen atoms in total. The number of aliphatic hydroxyl groups excluding tert-OH is 1. The van der Waals surface area contributed by atoms with Gasteiger partial charge in [0, 0.05) is 17.6 Å². The van der Waals surface area contributed by atoms with Crippen LogP contribution in [0.4, 0.5) is 0 Å². The third-order valence-corrected chi connectivity index (χ3v) is 4.57. The van der Waals surface area contributed by atoms with Crippen molar-refractivity contribution in [1.29, 1.82) is 0 Å². The molecule has 0 amide bonds. The van der Waals surface area contributed by atoms with Crippen LogP contribution in [0.1, 0.15) is 51.9 Å². The number of hydrogen-bond donors (Lipinski definition) is 2. The van der Waals surface area contributed by atoms with Gasteiger partial charge in [-0.05, 0) is 58.5 Å². The Kier molecular flexibility index (Phi) is 4.45. The first-order valence-electron chi connectivity index (χ1n) is 7.28. The van der Waals surface area contributed by atoms with E-state index in [1.165, 1.54) is 25.7 Å². The van der Waals surface area contributed by atoms with Crippen molar-refractivity contribution in [1.82, 2.24) is 10.2 Å². The molecule has 2 atom stereocenters. The second-order valence-electron chi connectivity index (χ2n) is 6.01. The highest BCUT2D eigenvalue weighted by atomic mass is 16.3. The summed E-state index contributed by atoms with van der Waals surface area (Å²) in [7, 11) is 2.27. The maximum Gasteiger partial charge on any atom is 0.0613 e. The van der Waals surface area contributed by atoms with Crippen LogP contribution >= 0.6 is 0 Å². The van der Waals surface area contributed by atoms with Gasteiger partial charge in [0.2, 0.25) is 0 Å². The third kappa shape index (κ3) is 3.21. The topological polar surface area (TPSA) is 35.5 Å². The van der Waals surface area contributed by atoms with Gasteiger partial charge in [-0.25, -0.2) is 0 Å². The highest BCUT2D eigenvalue weighted by Crippen LogP contribution is 2.35. The molecule has 2 unspecified atom stereocenters. The minimum atomic E-state index is 0.00206. The molecule has 2 aliphatic rings. The molecule has 0 radical (unpaired) electrons. The second-order valence-corrected chi connectivity index (χ2v) is 6.01. The summed E-state index contributed by atoms with van der Waals surface area (Å²) in [5.74, 6) is 0. The Bertz CT molecular complexity index is 242. The zero-order valence-corrected chi connectivity index (χ0v) is 11.4. The summed E-state index contributed by atoms with van der Waals surface area (Å²) in [5, 5.41) is 13.3. The smallest absolute Gasteiger partial charge is 0.0613 e. The van der Waals surface area contributed by atoms with Crippen LogP contribution in [0.3, 0.4) is 0 Å². The van der Waals surface area contributed by atoms with E-state index in [0.29, 0.717) is 12.6 Å². The van der Waals surface area contributed by atoms with Crippen molar-refractivity contribution in [2.75, 3.05) is 20.2 Å². The maximum absolute atomic E-state index is 9.74. The molecule has 3 heteroatoms. The van der Waals surface area contributed by atoms with Crippen LogP contribution in [0.2, 0.25) is 0 Å². The van der Waals surface area contributed by atoms with Crippen LogP contribution < -0.4 is 5.32 Å². The molecular formula is C14H28N2O. The molecule has 2 fully saturated rings. The van der Waals surface area contributed by atoms with Gasteiger partial charge in [0.15, 0.2) is 0 Å². The Balaban J connectivity index is 1.92. The normalized spacial score (nSPS) is 34.2. The highest BCUT2D eigenvalue weighted by molar-refractivity contribution is 4.98. The molecule has 0 aromatic heterocycles. The standard InChI is InChI=1S/C14H28N2O/c1-3-9-15-14(11-17)8-4-5-13(10-14)16(2)12-6-7-12/h12-13,15,17H,3-11H2,1-2H3. The maximum atomic E-state index is 9.74. The number of nitrogens with one attached hydrogen (secondary N) is 1. The van der Waals surface area contributed by atoms with Crippen LogP contribution in [-0.4, -0.2) is 47.8 Å². The van der Waals surface area contributed by atoms with Crippen molar-refractivity contribution in [2.24, 2.45) is 0 Å². The molecule has 100 valence electrons. The third-order valence-electron chi connectivity index (χ3n) is 4.57. The van der Waals surface area contributed by atoms with Gasteiger partial charge in [0.25, 0.3) is 0 Å². The van der Waals surface area contributed by atoms with Crippen molar-refractivity contribution >= 4 is 0 Å². The number of aliphatic hydroxyl groups is 1. The monoisotopic (exact) mass is 240 g/mol. The van der Waals surface area contributed by atoms with Crippen LogP contribution in [0.25, 0.3) is 0 Å². The van der Waals surface area contributed by atoms with Crippen molar-refractivity contribution in [3.63, 3.8) is 0 Å². The average molecular weight is 240 g/mol. The zero-order valence-electron chi connectivity index (χ0n) is 11.4. The number of hydrogen-bond acceptors (Lipinski definition) is 3. The van der Waals surface area contributed by atoms with Gasteiger partial charge in [-0.3, -0.25) is 0 Å². The van der Waals surface area contributed by atoms with Gasteiger partial charge in [0.05, 0.1) is 6.61 Å². The minimum Gasteiger partial charge on any atom is -0.394 e. The van der Waals surface area contributed by atoms with Crippen LogP contribution in [-0.2, 0) is 0 Å². The predicted molar refractivity (Wildman–Crippen MR) is 71.2 cm³/mol. The highest BCUT2D eigenvalue weighted by Gasteiger charge is 2.39. The minimum absolute atomic E-state index is 0.00206. The number of nitrogens with zero attached hydrogens (tertiary/aromatic N) is 1. The Morgan fingerprint density at radius 2 is 2.06 bits per heavy atom. The summed E-state index contributed by atoms with van der Waals surface area (Å²) < 4.78 is 0. The lowest BCUT2D eigenvalue weighted by molar-refractivity contribution is 0.0669. The Morgan fingerprint density at radius 1 is 1.29 bits per heavy atom. The molecule has 2 saturated carbocycles. The van der Waals surface area contributed by atoms with Crippen molar-refractivity contribution < 1.29 is 5.11 Å². The van der Waals surface area contributed by atoms with E-state index in [2.05, 4.69) is 24.2 Å². The lowest BCUT2D eigenvalue weighted by atomic mass is 9.78. The molecule has 17 heavy (non-hydrogen) atoms. The molecule has 0 aromatic carbocycles. The van der Waals surface area contributed by atoms with E-state index in [9.17, 15) is 5.11 Å². The van der Waals surface area contributed by atoms with E-state index in [1.807, 2.05) is 0 Å². The van der Waals surface area contributed by atoms with Gasteiger partial charge < -0.3 is 15.3 Å². The van der Waals surface area contributed by atoms with Crippen LogP contribution in [0.15, 0.2) is 0 Å². The SMILES string of the molecule is CCCNC1(CO)CCCC(N(C)C2CC2)C1. The lowest BCUT2D eigenvalue weighted by Gasteiger charge is -2.43. The molecule has 2 N–H and O–H groups in total. The quantitative estimate of drug-likeness (QED) is 0.742. The van der Waals surface area contributed by atoms with E-state index in [4.69, 9.17) is 0 Å². The predicted octanol–water partition coefficient (Wildman–Crippen LogP) is 1.75. The second kappa shape index (κ2) is 5.68. The van der Waals surface area contributed by atoms with Crippen molar-refractivity contribution in [3.05, 3.63) is 0 Å². The van der Waals surface area contributed by atoms with Crippen molar-refractivity contribution in [2.45, 2.75) is 69.5 Å². The van der Waals surface area contributed by atoms with E-state index in [-0.39, 0.29) is 5.54 Å². The van der Waals surface area contributed by atoms with Crippen LogP contribution in [0, 0.1) is 0 Å². The summed E-state index contributed by atoms with van der Waals surface area (Å²) >= 11 is 0. The lowest BCUT2D eigenvalue weighted by Crippen LogP contribution is -2.55. The Morgan fingerprint density at radius 3 is 2.65 bits per heavy atom. The molecular weight excluding hydrogens is 212 g/mol. The Hall–Kier alpha value is -0.120. The Labute approximate surface area is 106 Å². The summed E-state index contributed by atoms with van der Waals surface area (Å²) in [6.45, 7) is 3.51. The fourth-order valence-corrected chi connectivity index (χ4v) is 3.21. The molecule has 0 aliphatic heterocycles. The zero-order chi connectivity index (χ0) is 12.3. The number of rotatable bonds is 6. The van der Waals surface area contributed by atoms with Gasteiger partial charge in [-0.1, -0.05) is 6.92 Å². The molecule has 0 heterocycles. The van der Waals surface area contributed by atoms with E-state index < -0.39 is 0 Å². The molecule has 2 rings (SSSR count). The van der Waals surface area contributed by atoms with E-state index >= 15 is 0 Å². The van der Waals surface area contributed by atoms with Gasteiger partial charge in [0.1, 0.15) is 0 Å². The largest absolute Gasteiger partial charge is 0.394 e. The summed E-state index contributed by atoms with van der Waals surface area (Å²) in [6.07, 6.45) is 8.71. The van der Waals surface area contributed by atoms with Gasteiger partial charge in [-0.2, -0.15) is 0 Å². The summed E-state index contributed by atoms with van der Waals surface area (Å²) in [6, 6.07) is 1.51. The first-order valence-corrected chi connectivity index (χ1v) is 7.28. The summed E-state index contributed by atoms with van der Waals surface area (Å²) in [4.78, 5) is 2.57. The van der Waals surface area contributed by atoms with E-state index in [0.717, 1.165) is 31.8 Å². The molecule has 0 saturated heterocycles. The van der Waals surface area contributed by atoms with Gasteiger partial charge >= 0.3 is 0 Å². The van der Waals surface area contributed by atoms with Gasteiger partial charge in [-0.15, -0.1) is 0 Å². The first-order chi connectivity index (χ1) is 8.21. The van der Waals surface area contributed by atoms with Crippen LogP contribution in [0.5, 0.6) is 0 Å². The molecule has 0 aromatic rings. The first kappa shape index (κ1) is 13.3. The fourth-order valence-electron chi connectivity index (χ4n) is 3.21. The van der Waals surface area contributed by atoms with Crippen molar-refractivity contribution in [3.8, 4) is 0 Å². The van der Waals surface area contributed by atoms with E-state index in [1.54, 1.807) is 0 Å². The average Bonchev–Trinajstić information content (AvgIpc) is 3.20.